The lowest BCUT2D eigenvalue weighted by atomic mass is 9.99. The van der Waals surface area contributed by atoms with E-state index in [0.717, 1.165) is 31.1 Å². The molecule has 0 fully saturated rings. The first-order chi connectivity index (χ1) is 11.7. The number of benzene rings is 1. The van der Waals surface area contributed by atoms with E-state index in [2.05, 4.69) is 26.0 Å². The lowest BCUT2D eigenvalue weighted by molar-refractivity contribution is 0.407. The molecule has 0 radical (unpaired) electrons. The Bertz CT molecular complexity index is 862. The van der Waals surface area contributed by atoms with Crippen molar-refractivity contribution < 1.29 is 4.74 Å². The Morgan fingerprint density at radius 3 is 2.83 bits per heavy atom. The Kier molecular flexibility index (Phi) is 3.53. The predicted octanol–water partition coefficient (Wildman–Crippen LogP) is 1.82. The molecule has 0 aliphatic carbocycles. The second kappa shape index (κ2) is 5.84. The summed E-state index contributed by atoms with van der Waals surface area (Å²) in [5.41, 5.74) is 8.42. The van der Waals surface area contributed by atoms with Gasteiger partial charge in [-0.2, -0.15) is 15.1 Å². The average molecular weight is 322 g/mol. The third kappa shape index (κ3) is 2.54. The lowest BCUT2D eigenvalue weighted by Crippen LogP contribution is -2.31. The quantitative estimate of drug-likeness (QED) is 0.792. The molecule has 24 heavy (non-hydrogen) atoms. The summed E-state index contributed by atoms with van der Waals surface area (Å²) in [5, 5.41) is 4.21. The second-order valence-electron chi connectivity index (χ2n) is 5.66. The number of nitrogens with two attached hydrogens (primary N) is 1. The molecule has 0 spiro atoms. The van der Waals surface area contributed by atoms with E-state index < -0.39 is 0 Å². The van der Waals surface area contributed by atoms with Crippen LogP contribution in [0, 0.1) is 0 Å². The number of anilines is 2. The highest BCUT2D eigenvalue weighted by atomic mass is 16.5. The maximum absolute atomic E-state index is 5.90. The topological polar surface area (TPSA) is 82.1 Å². The highest BCUT2D eigenvalue weighted by molar-refractivity contribution is 5.52. The molecule has 3 aromatic rings. The first-order valence-corrected chi connectivity index (χ1v) is 7.79. The van der Waals surface area contributed by atoms with Crippen LogP contribution in [0.4, 0.5) is 11.8 Å². The summed E-state index contributed by atoms with van der Waals surface area (Å²) in [6.45, 7) is 1.61. The van der Waals surface area contributed by atoms with Gasteiger partial charge in [-0.3, -0.25) is 0 Å². The van der Waals surface area contributed by atoms with E-state index in [-0.39, 0.29) is 5.95 Å². The minimum atomic E-state index is 0.245. The van der Waals surface area contributed by atoms with Crippen LogP contribution in [0.2, 0.25) is 0 Å². The molecule has 0 unspecified atom stereocenters. The predicted molar refractivity (Wildman–Crippen MR) is 91.3 cm³/mol. The summed E-state index contributed by atoms with van der Waals surface area (Å²) >= 11 is 0. The zero-order valence-electron chi connectivity index (χ0n) is 13.4. The molecular weight excluding hydrogens is 304 g/mol. The number of methoxy groups -OCH3 is 1. The molecule has 4 rings (SSSR count). The van der Waals surface area contributed by atoms with Crippen molar-refractivity contribution in [3.8, 4) is 11.6 Å². The molecule has 0 saturated heterocycles. The molecule has 7 nitrogen and oxygen atoms in total. The van der Waals surface area contributed by atoms with E-state index >= 15 is 0 Å². The van der Waals surface area contributed by atoms with E-state index in [1.54, 1.807) is 18.0 Å². The van der Waals surface area contributed by atoms with E-state index in [4.69, 9.17) is 10.5 Å². The standard InChI is InChI=1S/C17H18N6O/c1-24-14-5-2-4-12-11-22(9-6-13(12)14)15-10-16(21-17(18)20-15)23-8-3-7-19-23/h2-5,7-8,10H,6,9,11H2,1H3,(H2,18,20,21). The SMILES string of the molecule is COc1cccc2c1CCN(c1cc(-n3cccn3)nc(N)n1)C2. The van der Waals surface area contributed by atoms with Crippen LogP contribution in [0.25, 0.3) is 5.82 Å². The van der Waals surface area contributed by atoms with Crippen molar-refractivity contribution in [2.24, 2.45) is 0 Å². The summed E-state index contributed by atoms with van der Waals surface area (Å²) in [4.78, 5) is 10.9. The molecular formula is C17H18N6O. The fraction of sp³-hybridized carbons (Fsp3) is 0.235. The number of nitrogens with zero attached hydrogens (tertiary/aromatic N) is 5. The van der Waals surface area contributed by atoms with E-state index in [1.807, 2.05) is 30.5 Å². The molecule has 0 bridgehead atoms. The van der Waals surface area contributed by atoms with Gasteiger partial charge < -0.3 is 15.4 Å². The number of rotatable bonds is 3. The summed E-state index contributed by atoms with van der Waals surface area (Å²) in [6, 6.07) is 9.91. The molecule has 1 aliphatic rings. The molecule has 0 saturated carbocycles. The first-order valence-electron chi connectivity index (χ1n) is 7.79. The highest BCUT2D eigenvalue weighted by Gasteiger charge is 2.21. The Labute approximate surface area is 139 Å². The van der Waals surface area contributed by atoms with E-state index in [1.165, 1.54) is 11.1 Å². The Hall–Kier alpha value is -3.09. The number of ether oxygens (including phenoxy) is 1. The van der Waals surface area contributed by atoms with Gasteiger partial charge in [0.25, 0.3) is 0 Å². The summed E-state index contributed by atoms with van der Waals surface area (Å²) < 4.78 is 7.15. The van der Waals surface area contributed by atoms with Crippen molar-refractivity contribution in [1.82, 2.24) is 19.7 Å². The van der Waals surface area contributed by atoms with Gasteiger partial charge in [0.15, 0.2) is 5.82 Å². The maximum atomic E-state index is 5.90. The van der Waals surface area contributed by atoms with Crippen molar-refractivity contribution in [1.29, 1.82) is 0 Å². The average Bonchev–Trinajstić information content (AvgIpc) is 3.15. The fourth-order valence-electron chi connectivity index (χ4n) is 3.08. The Morgan fingerprint density at radius 1 is 1.17 bits per heavy atom. The smallest absolute Gasteiger partial charge is 0.224 e. The van der Waals surface area contributed by atoms with E-state index in [0.29, 0.717) is 5.82 Å². The van der Waals surface area contributed by atoms with Gasteiger partial charge in [-0.1, -0.05) is 12.1 Å². The van der Waals surface area contributed by atoms with Crippen molar-refractivity contribution in [2.45, 2.75) is 13.0 Å². The number of hydrogen-bond donors (Lipinski definition) is 1. The molecule has 1 aromatic carbocycles. The van der Waals surface area contributed by atoms with Crippen LogP contribution in [-0.4, -0.2) is 33.4 Å². The zero-order chi connectivity index (χ0) is 16.5. The number of fused-ring (bicyclic) bond motifs is 1. The molecule has 2 N–H and O–H groups in total. The third-order valence-electron chi connectivity index (χ3n) is 4.22. The third-order valence-corrected chi connectivity index (χ3v) is 4.22. The summed E-state index contributed by atoms with van der Waals surface area (Å²) in [5.74, 6) is 2.67. The molecule has 0 amide bonds. The Balaban J connectivity index is 1.68. The zero-order valence-corrected chi connectivity index (χ0v) is 13.4. The monoisotopic (exact) mass is 322 g/mol. The normalized spacial score (nSPS) is 13.6. The number of hydrogen-bond acceptors (Lipinski definition) is 6. The maximum Gasteiger partial charge on any atom is 0.224 e. The van der Waals surface area contributed by atoms with Gasteiger partial charge in [0, 0.05) is 37.1 Å². The van der Waals surface area contributed by atoms with Crippen LogP contribution in [0.3, 0.4) is 0 Å². The van der Waals surface area contributed by atoms with Gasteiger partial charge in [-0.05, 0) is 24.1 Å². The van der Waals surface area contributed by atoms with Crippen molar-refractivity contribution in [2.75, 3.05) is 24.3 Å². The molecule has 7 heteroatoms. The van der Waals surface area contributed by atoms with Gasteiger partial charge in [-0.15, -0.1) is 0 Å². The van der Waals surface area contributed by atoms with Crippen molar-refractivity contribution >= 4 is 11.8 Å². The molecule has 3 heterocycles. The van der Waals surface area contributed by atoms with Crippen LogP contribution < -0.4 is 15.4 Å². The fourth-order valence-corrected chi connectivity index (χ4v) is 3.08. The van der Waals surface area contributed by atoms with Crippen molar-refractivity contribution in [3.63, 3.8) is 0 Å². The molecule has 0 atom stereocenters. The van der Waals surface area contributed by atoms with Crippen LogP contribution in [0.1, 0.15) is 11.1 Å². The minimum absolute atomic E-state index is 0.245. The molecule has 122 valence electrons. The first kappa shape index (κ1) is 14.5. The summed E-state index contributed by atoms with van der Waals surface area (Å²) in [7, 11) is 1.71. The molecule has 1 aliphatic heterocycles. The van der Waals surface area contributed by atoms with Crippen LogP contribution in [-0.2, 0) is 13.0 Å². The Morgan fingerprint density at radius 2 is 2.04 bits per heavy atom. The van der Waals surface area contributed by atoms with Crippen LogP contribution in [0.5, 0.6) is 5.75 Å². The van der Waals surface area contributed by atoms with E-state index in [9.17, 15) is 0 Å². The van der Waals surface area contributed by atoms with Crippen LogP contribution >= 0.6 is 0 Å². The second-order valence-corrected chi connectivity index (χ2v) is 5.66. The summed E-state index contributed by atoms with van der Waals surface area (Å²) in [6.07, 6.45) is 4.45. The number of nitrogen functional groups attached to an aromatic ring is 1. The van der Waals surface area contributed by atoms with Gasteiger partial charge in [0.05, 0.1) is 7.11 Å². The van der Waals surface area contributed by atoms with Gasteiger partial charge in [0.1, 0.15) is 11.6 Å². The largest absolute Gasteiger partial charge is 0.496 e. The number of aromatic nitrogens is 4. The molecule has 2 aromatic heterocycles. The van der Waals surface area contributed by atoms with Crippen LogP contribution in [0.15, 0.2) is 42.7 Å². The van der Waals surface area contributed by atoms with Gasteiger partial charge in [-0.25, -0.2) is 4.68 Å². The van der Waals surface area contributed by atoms with Crippen molar-refractivity contribution in [3.05, 3.63) is 53.9 Å². The van der Waals surface area contributed by atoms with Gasteiger partial charge >= 0.3 is 0 Å². The lowest BCUT2D eigenvalue weighted by Gasteiger charge is -2.30. The van der Waals surface area contributed by atoms with Gasteiger partial charge in [0.2, 0.25) is 5.95 Å². The highest BCUT2D eigenvalue weighted by Crippen LogP contribution is 2.30. The minimum Gasteiger partial charge on any atom is -0.496 e.